The fourth-order valence-corrected chi connectivity index (χ4v) is 0.559. The summed E-state index contributed by atoms with van der Waals surface area (Å²) in [5.41, 5.74) is 0.993. The SMILES string of the molecule is C=C(C)C#N.C=C(C)C(=O)OC.C=CC=C.c1ccccc1. The first kappa shape index (κ1) is 24.2. The monoisotopic (exact) mass is 299 g/mol. The van der Waals surface area contributed by atoms with E-state index < -0.39 is 0 Å². The largest absolute Gasteiger partial charge is 0.466 e. The third kappa shape index (κ3) is 30.3. The number of hydrogen-bond donors (Lipinski definition) is 0. The van der Waals surface area contributed by atoms with Gasteiger partial charge in [-0.3, -0.25) is 0 Å². The zero-order valence-electron chi connectivity index (χ0n) is 13.7. The lowest BCUT2D eigenvalue weighted by Gasteiger charge is -1.91. The van der Waals surface area contributed by atoms with Crippen molar-refractivity contribution in [3.63, 3.8) is 0 Å². The van der Waals surface area contributed by atoms with Gasteiger partial charge >= 0.3 is 5.97 Å². The summed E-state index contributed by atoms with van der Waals surface area (Å²) in [6.45, 7) is 16.7. The molecule has 3 heteroatoms. The number of benzene rings is 1. The van der Waals surface area contributed by atoms with Crippen LogP contribution in [0.2, 0.25) is 0 Å². The molecule has 0 aliphatic carbocycles. The fourth-order valence-electron chi connectivity index (χ4n) is 0.559. The van der Waals surface area contributed by atoms with Gasteiger partial charge < -0.3 is 4.74 Å². The van der Waals surface area contributed by atoms with Gasteiger partial charge in [-0.15, -0.1) is 0 Å². The molecule has 22 heavy (non-hydrogen) atoms. The molecule has 0 aromatic heterocycles. The van der Waals surface area contributed by atoms with Crippen LogP contribution in [0.5, 0.6) is 0 Å². The number of rotatable bonds is 2. The second-order valence-electron chi connectivity index (χ2n) is 3.79. The summed E-state index contributed by atoms with van der Waals surface area (Å²) in [5.74, 6) is -0.347. The Kier molecular flexibility index (Phi) is 22.5. The Hall–Kier alpha value is -2.86. The van der Waals surface area contributed by atoms with Crippen molar-refractivity contribution in [3.05, 3.63) is 86.0 Å². The van der Waals surface area contributed by atoms with Crippen molar-refractivity contribution in [3.8, 4) is 6.07 Å². The molecule has 0 saturated carbocycles. The van der Waals surface area contributed by atoms with E-state index >= 15 is 0 Å². The maximum Gasteiger partial charge on any atom is 0.332 e. The van der Waals surface area contributed by atoms with Crippen LogP contribution in [0.3, 0.4) is 0 Å². The zero-order chi connectivity index (χ0) is 17.8. The van der Waals surface area contributed by atoms with Crippen LogP contribution in [0.4, 0.5) is 0 Å². The van der Waals surface area contributed by atoms with E-state index in [4.69, 9.17) is 5.26 Å². The topological polar surface area (TPSA) is 50.1 Å². The van der Waals surface area contributed by atoms with Crippen LogP contribution in [0.25, 0.3) is 0 Å². The van der Waals surface area contributed by atoms with Gasteiger partial charge in [0.25, 0.3) is 0 Å². The molecule has 0 saturated heterocycles. The standard InChI is InChI=1S/C6H6.C5H8O2.C4H5N.C4H6/c1-2-4-6-5-3-1;1-4(2)5(6)7-3;1-4(2)3-5;1-3-4-2/h1-6H;1H2,2-3H3;1H2,2H3;3-4H,1-2H2. The molecule has 0 aliphatic rings. The van der Waals surface area contributed by atoms with Crippen molar-refractivity contribution in [1.29, 1.82) is 5.26 Å². The maximum atomic E-state index is 10.2. The lowest BCUT2D eigenvalue weighted by atomic mass is 10.4. The van der Waals surface area contributed by atoms with Gasteiger partial charge in [-0.25, -0.2) is 4.79 Å². The number of nitrogens with zero attached hydrogens (tertiary/aromatic N) is 1. The van der Waals surface area contributed by atoms with Crippen molar-refractivity contribution in [2.24, 2.45) is 0 Å². The van der Waals surface area contributed by atoms with Crippen molar-refractivity contribution in [1.82, 2.24) is 0 Å². The molecular weight excluding hydrogens is 274 g/mol. The number of carbonyl (C=O) groups excluding carboxylic acids is 1. The second kappa shape index (κ2) is 20.5. The summed E-state index contributed by atoms with van der Waals surface area (Å²) >= 11 is 0. The lowest BCUT2D eigenvalue weighted by molar-refractivity contribution is -0.136. The maximum absolute atomic E-state index is 10.2. The molecule has 0 radical (unpaired) electrons. The summed E-state index contributed by atoms with van der Waals surface area (Å²) in [4.78, 5) is 10.2. The molecule has 1 rings (SSSR count). The first-order chi connectivity index (χ1) is 10.4. The molecule has 0 unspecified atom stereocenters. The van der Waals surface area contributed by atoms with Crippen LogP contribution in [0.1, 0.15) is 13.8 Å². The van der Waals surface area contributed by atoms with Gasteiger partial charge in [0.05, 0.1) is 13.2 Å². The molecule has 0 N–H and O–H groups in total. The minimum absolute atomic E-state index is 0.347. The van der Waals surface area contributed by atoms with Gasteiger partial charge in [-0.1, -0.05) is 74.9 Å². The summed E-state index contributed by atoms with van der Waals surface area (Å²) in [6.07, 6.45) is 3.28. The average Bonchev–Trinajstić information content (AvgIpc) is 2.56. The molecule has 0 spiro atoms. The predicted molar refractivity (Wildman–Crippen MR) is 94.1 cm³/mol. The van der Waals surface area contributed by atoms with Crippen LogP contribution in [-0.2, 0) is 9.53 Å². The van der Waals surface area contributed by atoms with Crippen molar-refractivity contribution < 1.29 is 9.53 Å². The average molecular weight is 299 g/mol. The van der Waals surface area contributed by atoms with Gasteiger partial charge in [0.15, 0.2) is 0 Å². The highest BCUT2D eigenvalue weighted by Crippen LogP contribution is 1.87. The van der Waals surface area contributed by atoms with E-state index in [1.54, 1.807) is 26.0 Å². The third-order valence-corrected chi connectivity index (χ3v) is 1.56. The molecule has 0 aliphatic heterocycles. The van der Waals surface area contributed by atoms with E-state index in [9.17, 15) is 4.79 Å². The van der Waals surface area contributed by atoms with E-state index in [-0.39, 0.29) is 5.97 Å². The number of allylic oxidation sites excluding steroid dienone is 3. The van der Waals surface area contributed by atoms with Crippen LogP contribution < -0.4 is 0 Å². The summed E-state index contributed by atoms with van der Waals surface area (Å²) < 4.78 is 4.27. The highest BCUT2D eigenvalue weighted by atomic mass is 16.5. The highest BCUT2D eigenvalue weighted by molar-refractivity contribution is 5.86. The molecular formula is C19H25NO2. The Labute approximate surface area is 134 Å². The van der Waals surface area contributed by atoms with E-state index in [0.29, 0.717) is 11.1 Å². The quantitative estimate of drug-likeness (QED) is 0.339. The number of nitriles is 1. The first-order valence-corrected chi connectivity index (χ1v) is 6.40. The van der Waals surface area contributed by atoms with E-state index in [2.05, 4.69) is 31.1 Å². The molecule has 118 valence electrons. The van der Waals surface area contributed by atoms with Gasteiger partial charge in [-0.2, -0.15) is 5.26 Å². The molecule has 3 nitrogen and oxygen atoms in total. The van der Waals surface area contributed by atoms with Gasteiger partial charge in [0, 0.05) is 11.1 Å². The zero-order valence-corrected chi connectivity index (χ0v) is 13.7. The van der Waals surface area contributed by atoms with E-state index in [0.717, 1.165) is 0 Å². The highest BCUT2D eigenvalue weighted by Gasteiger charge is 1.95. The number of methoxy groups -OCH3 is 1. The lowest BCUT2D eigenvalue weighted by Crippen LogP contribution is -1.98. The Morgan fingerprint density at radius 2 is 1.27 bits per heavy atom. The molecule has 0 heterocycles. The number of carbonyl (C=O) groups is 1. The molecule has 0 atom stereocenters. The van der Waals surface area contributed by atoms with Gasteiger partial charge in [0.2, 0.25) is 0 Å². The van der Waals surface area contributed by atoms with Crippen molar-refractivity contribution in [2.75, 3.05) is 7.11 Å². The molecule has 0 amide bonds. The normalized spacial score (nSPS) is 6.82. The summed E-state index contributed by atoms with van der Waals surface area (Å²) in [5, 5.41) is 7.79. The Morgan fingerprint density at radius 3 is 1.32 bits per heavy atom. The smallest absolute Gasteiger partial charge is 0.332 e. The summed E-state index contributed by atoms with van der Waals surface area (Å²) in [6, 6.07) is 13.8. The van der Waals surface area contributed by atoms with Crippen LogP contribution in [0, 0.1) is 11.3 Å². The van der Waals surface area contributed by atoms with E-state index in [1.165, 1.54) is 7.11 Å². The van der Waals surface area contributed by atoms with Crippen LogP contribution >= 0.6 is 0 Å². The Bertz CT molecular complexity index is 449. The third-order valence-electron chi connectivity index (χ3n) is 1.56. The van der Waals surface area contributed by atoms with Gasteiger partial charge in [0.1, 0.15) is 0 Å². The first-order valence-electron chi connectivity index (χ1n) is 6.40. The van der Waals surface area contributed by atoms with E-state index in [1.807, 2.05) is 42.5 Å². The van der Waals surface area contributed by atoms with Crippen molar-refractivity contribution in [2.45, 2.75) is 13.8 Å². The number of esters is 1. The number of hydrogen-bond acceptors (Lipinski definition) is 3. The minimum atomic E-state index is -0.347. The Morgan fingerprint density at radius 1 is 1.00 bits per heavy atom. The number of ether oxygens (including phenoxy) is 1. The molecule has 1 aromatic carbocycles. The molecule has 1 aromatic rings. The summed E-state index contributed by atoms with van der Waals surface area (Å²) in [7, 11) is 1.33. The van der Waals surface area contributed by atoms with Crippen LogP contribution in [-0.4, -0.2) is 13.1 Å². The predicted octanol–water partition coefficient (Wildman–Crippen LogP) is 4.87. The molecule has 0 fully saturated rings. The fraction of sp³-hybridized carbons (Fsp3) is 0.158. The van der Waals surface area contributed by atoms with Crippen molar-refractivity contribution >= 4 is 5.97 Å². The molecule has 0 bridgehead atoms. The minimum Gasteiger partial charge on any atom is -0.466 e. The van der Waals surface area contributed by atoms with Crippen LogP contribution in [0.15, 0.2) is 86.0 Å². The van der Waals surface area contributed by atoms with Gasteiger partial charge in [-0.05, 0) is 13.8 Å². The Balaban J connectivity index is -0.000000224. The second-order valence-corrected chi connectivity index (χ2v) is 3.79.